The van der Waals surface area contributed by atoms with Gasteiger partial charge in [-0.15, -0.1) is 0 Å². The third kappa shape index (κ3) is 4.39. The second-order valence-electron chi connectivity index (χ2n) is 5.16. The summed E-state index contributed by atoms with van der Waals surface area (Å²) in [5, 5.41) is 5.83. The lowest BCUT2D eigenvalue weighted by Crippen LogP contribution is -2.19. The summed E-state index contributed by atoms with van der Waals surface area (Å²) in [5.74, 6) is 0.939. The number of benzene rings is 1. The van der Waals surface area contributed by atoms with Crippen LogP contribution in [-0.4, -0.2) is 32.0 Å². The molecule has 0 saturated carbocycles. The third-order valence-electron chi connectivity index (χ3n) is 3.36. The topological polar surface area (TPSA) is 84.7 Å². The Hall–Kier alpha value is -3.22. The van der Waals surface area contributed by atoms with E-state index in [1.807, 2.05) is 41.1 Å². The van der Waals surface area contributed by atoms with Crippen LogP contribution in [0.15, 0.2) is 61.2 Å². The molecular weight excluding hydrogens is 304 g/mol. The van der Waals surface area contributed by atoms with Gasteiger partial charge in [0, 0.05) is 37.8 Å². The normalized spacial score (nSPS) is 10.3. The van der Waals surface area contributed by atoms with Crippen molar-refractivity contribution in [3.05, 3.63) is 66.7 Å². The monoisotopic (exact) mass is 322 g/mol. The Labute approximate surface area is 139 Å². The Kier molecular flexibility index (Phi) is 5.14. The van der Waals surface area contributed by atoms with Crippen molar-refractivity contribution in [1.82, 2.24) is 19.5 Å². The highest BCUT2D eigenvalue weighted by atomic mass is 16.1. The van der Waals surface area contributed by atoms with Crippen molar-refractivity contribution in [2.45, 2.75) is 13.0 Å². The van der Waals surface area contributed by atoms with Crippen LogP contribution in [0.3, 0.4) is 0 Å². The molecule has 24 heavy (non-hydrogen) atoms. The van der Waals surface area contributed by atoms with Crippen LogP contribution in [-0.2, 0) is 11.3 Å². The number of amides is 1. The molecule has 0 aliphatic rings. The summed E-state index contributed by atoms with van der Waals surface area (Å²) in [4.78, 5) is 24.3. The van der Waals surface area contributed by atoms with Gasteiger partial charge < -0.3 is 9.88 Å². The van der Waals surface area contributed by atoms with Crippen molar-refractivity contribution in [1.29, 1.82) is 0 Å². The highest BCUT2D eigenvalue weighted by Crippen LogP contribution is 2.09. The molecule has 0 fully saturated rings. The molecule has 0 atom stereocenters. The molecule has 0 aliphatic heterocycles. The van der Waals surface area contributed by atoms with Crippen LogP contribution >= 0.6 is 0 Å². The number of hydrogen-bond acceptors (Lipinski definition) is 5. The van der Waals surface area contributed by atoms with Gasteiger partial charge >= 0.3 is 0 Å². The average molecular weight is 322 g/mol. The minimum Gasteiger partial charge on any atom is -0.354 e. The molecule has 0 unspecified atom stereocenters. The van der Waals surface area contributed by atoms with Crippen molar-refractivity contribution in [3.8, 4) is 0 Å². The Morgan fingerprint density at radius 1 is 1.00 bits per heavy atom. The maximum Gasteiger partial charge on any atom is 0.228 e. The number of anilines is 2. The molecule has 0 bridgehead atoms. The quantitative estimate of drug-likeness (QED) is 0.696. The molecule has 0 spiro atoms. The molecule has 2 N–H and O–H groups in total. The predicted molar refractivity (Wildman–Crippen MR) is 91.5 cm³/mol. The van der Waals surface area contributed by atoms with Crippen molar-refractivity contribution >= 4 is 17.8 Å². The summed E-state index contributed by atoms with van der Waals surface area (Å²) < 4.78 is 1.90. The van der Waals surface area contributed by atoms with E-state index in [4.69, 9.17) is 0 Å². The van der Waals surface area contributed by atoms with Crippen LogP contribution in [0.2, 0.25) is 0 Å². The molecule has 0 aliphatic carbocycles. The molecule has 1 aromatic carbocycles. The summed E-state index contributed by atoms with van der Waals surface area (Å²) in [6.45, 7) is 1.11. The number of aromatic nitrogens is 4. The van der Waals surface area contributed by atoms with E-state index >= 15 is 0 Å². The van der Waals surface area contributed by atoms with E-state index in [-0.39, 0.29) is 5.91 Å². The van der Waals surface area contributed by atoms with Crippen molar-refractivity contribution in [3.63, 3.8) is 0 Å². The van der Waals surface area contributed by atoms with Gasteiger partial charge in [0.2, 0.25) is 17.8 Å². The van der Waals surface area contributed by atoms with Gasteiger partial charge in [0.1, 0.15) is 0 Å². The summed E-state index contributed by atoms with van der Waals surface area (Å²) in [6, 6.07) is 11.8. The number of carbonyl (C=O) groups excluding carboxylic acids is 1. The van der Waals surface area contributed by atoms with Crippen LogP contribution < -0.4 is 10.6 Å². The van der Waals surface area contributed by atoms with Crippen LogP contribution in [0, 0.1) is 0 Å². The van der Waals surface area contributed by atoms with E-state index in [0.29, 0.717) is 31.4 Å². The second kappa shape index (κ2) is 7.87. The van der Waals surface area contributed by atoms with Gasteiger partial charge in [-0.25, -0.2) is 15.0 Å². The Morgan fingerprint density at radius 3 is 2.58 bits per heavy atom. The van der Waals surface area contributed by atoms with Crippen LogP contribution in [0.25, 0.3) is 0 Å². The van der Waals surface area contributed by atoms with Gasteiger partial charge in [0.05, 0.1) is 6.54 Å². The molecule has 122 valence electrons. The van der Waals surface area contributed by atoms with E-state index in [1.54, 1.807) is 24.7 Å². The maximum absolute atomic E-state index is 12.1. The summed E-state index contributed by atoms with van der Waals surface area (Å²) in [7, 11) is 0. The van der Waals surface area contributed by atoms with Gasteiger partial charge in [-0.1, -0.05) is 30.3 Å². The number of nitrogens with zero attached hydrogens (tertiary/aromatic N) is 4. The fourth-order valence-electron chi connectivity index (χ4n) is 2.21. The average Bonchev–Trinajstić information content (AvgIpc) is 3.03. The SMILES string of the molecule is O=C(CCNc1ncccn1)Nc1nccn1Cc1ccccc1. The summed E-state index contributed by atoms with van der Waals surface area (Å²) >= 11 is 0. The lowest BCUT2D eigenvalue weighted by molar-refractivity contribution is -0.116. The Morgan fingerprint density at radius 2 is 1.79 bits per heavy atom. The number of carbonyl (C=O) groups is 1. The van der Waals surface area contributed by atoms with Gasteiger partial charge in [-0.05, 0) is 11.6 Å². The smallest absolute Gasteiger partial charge is 0.228 e. The Balaban J connectivity index is 1.51. The van der Waals surface area contributed by atoms with Crippen molar-refractivity contribution in [2.75, 3.05) is 17.2 Å². The number of rotatable bonds is 7. The van der Waals surface area contributed by atoms with E-state index in [9.17, 15) is 4.79 Å². The van der Waals surface area contributed by atoms with E-state index < -0.39 is 0 Å². The van der Waals surface area contributed by atoms with Crippen LogP contribution in [0.5, 0.6) is 0 Å². The minimum atomic E-state index is -0.112. The summed E-state index contributed by atoms with van der Waals surface area (Å²) in [6.07, 6.45) is 7.12. The molecule has 3 aromatic rings. The first kappa shape index (κ1) is 15.7. The largest absolute Gasteiger partial charge is 0.354 e. The molecule has 7 heteroatoms. The Bertz CT molecular complexity index is 772. The minimum absolute atomic E-state index is 0.112. The zero-order valence-electron chi connectivity index (χ0n) is 13.1. The standard InChI is InChI=1S/C17H18N6O/c24-15(7-10-20-16-18-8-4-9-19-16)22-17-21-11-12-23(17)13-14-5-2-1-3-6-14/h1-6,8-9,11-12H,7,10,13H2,(H,18,19,20)(H,21,22,24). The van der Waals surface area contributed by atoms with Crippen molar-refractivity contribution in [2.24, 2.45) is 0 Å². The lowest BCUT2D eigenvalue weighted by Gasteiger charge is -2.09. The maximum atomic E-state index is 12.1. The van der Waals surface area contributed by atoms with Gasteiger partial charge in [-0.3, -0.25) is 10.1 Å². The molecule has 3 rings (SSSR count). The van der Waals surface area contributed by atoms with E-state index in [1.165, 1.54) is 0 Å². The number of hydrogen-bond donors (Lipinski definition) is 2. The first-order valence-electron chi connectivity index (χ1n) is 7.67. The van der Waals surface area contributed by atoms with E-state index in [2.05, 4.69) is 25.6 Å². The predicted octanol–water partition coefficient (Wildman–Crippen LogP) is 2.16. The number of nitrogens with one attached hydrogen (secondary N) is 2. The van der Waals surface area contributed by atoms with Crippen LogP contribution in [0.1, 0.15) is 12.0 Å². The fraction of sp³-hybridized carbons (Fsp3) is 0.176. The third-order valence-corrected chi connectivity index (χ3v) is 3.36. The molecule has 0 radical (unpaired) electrons. The molecule has 1 amide bonds. The molecule has 2 aromatic heterocycles. The van der Waals surface area contributed by atoms with Crippen LogP contribution in [0.4, 0.5) is 11.9 Å². The first-order valence-corrected chi connectivity index (χ1v) is 7.67. The zero-order chi connectivity index (χ0) is 16.6. The highest BCUT2D eigenvalue weighted by Gasteiger charge is 2.08. The lowest BCUT2D eigenvalue weighted by atomic mass is 10.2. The van der Waals surface area contributed by atoms with Gasteiger partial charge in [-0.2, -0.15) is 0 Å². The summed E-state index contributed by atoms with van der Waals surface area (Å²) in [5.41, 5.74) is 1.15. The van der Waals surface area contributed by atoms with E-state index in [0.717, 1.165) is 5.56 Å². The molecular formula is C17H18N6O. The molecule has 7 nitrogen and oxygen atoms in total. The first-order chi connectivity index (χ1) is 11.8. The highest BCUT2D eigenvalue weighted by molar-refractivity contribution is 5.89. The van der Waals surface area contributed by atoms with Gasteiger partial charge in [0.15, 0.2) is 0 Å². The molecule has 0 saturated heterocycles. The number of imidazole rings is 1. The van der Waals surface area contributed by atoms with Gasteiger partial charge in [0.25, 0.3) is 0 Å². The fourth-order valence-corrected chi connectivity index (χ4v) is 2.21. The molecule has 2 heterocycles. The zero-order valence-corrected chi connectivity index (χ0v) is 13.1. The second-order valence-corrected chi connectivity index (χ2v) is 5.16. The van der Waals surface area contributed by atoms with Crippen molar-refractivity contribution < 1.29 is 4.79 Å².